The number of fused-ring (bicyclic) bond motifs is 7. The molecular formula is C32H50N2O4. The SMILES string of the molecule is C[C@@H]1CC[C@@]2(OC1)O[C@H]1C[C@H]3[C@@H]4CC=C5C[C@H](NC(=O)CC(=O)N(C)C)CC[C@]5(C)[C@H]4CC[C@]3(C)[C@H]1[C@@H]2C. The zero-order valence-electron chi connectivity index (χ0n) is 24.6. The second kappa shape index (κ2) is 9.33. The first-order chi connectivity index (χ1) is 18.0. The summed E-state index contributed by atoms with van der Waals surface area (Å²) in [6.07, 6.45) is 13.2. The lowest BCUT2D eigenvalue weighted by atomic mass is 9.46. The molecule has 2 aliphatic heterocycles. The van der Waals surface area contributed by atoms with Gasteiger partial charge in [-0.1, -0.05) is 39.3 Å². The largest absolute Gasteiger partial charge is 0.353 e. The number of hydrogen-bond acceptors (Lipinski definition) is 4. The van der Waals surface area contributed by atoms with E-state index >= 15 is 0 Å². The number of nitrogens with one attached hydrogen (secondary N) is 1. The van der Waals surface area contributed by atoms with Crippen molar-refractivity contribution in [3.8, 4) is 0 Å². The van der Waals surface area contributed by atoms with Crippen molar-refractivity contribution < 1.29 is 19.1 Å². The van der Waals surface area contributed by atoms with Crippen LogP contribution in [0.4, 0.5) is 0 Å². The number of nitrogens with zero attached hydrogens (tertiary/aromatic N) is 1. The minimum Gasteiger partial charge on any atom is -0.353 e. The number of carbonyl (C=O) groups is 2. The Morgan fingerprint density at radius 1 is 1.08 bits per heavy atom. The van der Waals surface area contributed by atoms with Gasteiger partial charge in [0, 0.05) is 32.5 Å². The number of rotatable bonds is 3. The van der Waals surface area contributed by atoms with Gasteiger partial charge in [-0.05, 0) is 91.8 Å². The van der Waals surface area contributed by atoms with Gasteiger partial charge in [0.15, 0.2) is 5.79 Å². The van der Waals surface area contributed by atoms with Crippen molar-refractivity contribution in [2.75, 3.05) is 20.7 Å². The van der Waals surface area contributed by atoms with Crippen LogP contribution in [0.1, 0.15) is 91.9 Å². The average Bonchev–Trinajstić information content (AvgIpc) is 3.31. The zero-order chi connectivity index (χ0) is 27.0. The molecule has 2 saturated heterocycles. The fraction of sp³-hybridized carbons (Fsp3) is 0.875. The highest BCUT2D eigenvalue weighted by molar-refractivity contribution is 5.96. The first kappa shape index (κ1) is 26.8. The van der Waals surface area contributed by atoms with Crippen molar-refractivity contribution in [1.82, 2.24) is 10.2 Å². The van der Waals surface area contributed by atoms with Crippen molar-refractivity contribution in [2.24, 2.45) is 46.3 Å². The normalized spacial score (nSPS) is 49.4. The third kappa shape index (κ3) is 4.02. The van der Waals surface area contributed by atoms with E-state index in [2.05, 4.69) is 39.1 Å². The maximum absolute atomic E-state index is 12.5. The number of allylic oxidation sites excluding steroid dienone is 1. The van der Waals surface area contributed by atoms with Crippen LogP contribution in [0.2, 0.25) is 0 Å². The van der Waals surface area contributed by atoms with Crippen LogP contribution >= 0.6 is 0 Å². The maximum atomic E-state index is 12.5. The third-order valence-electron chi connectivity index (χ3n) is 12.5. The monoisotopic (exact) mass is 526 g/mol. The van der Waals surface area contributed by atoms with Gasteiger partial charge in [0.1, 0.15) is 6.42 Å². The summed E-state index contributed by atoms with van der Waals surface area (Å²) in [6.45, 7) is 10.7. The Balaban J connectivity index is 1.15. The third-order valence-corrected chi connectivity index (χ3v) is 12.5. The molecule has 38 heavy (non-hydrogen) atoms. The molecule has 3 saturated carbocycles. The van der Waals surface area contributed by atoms with E-state index in [-0.39, 0.29) is 35.5 Å². The van der Waals surface area contributed by atoms with Crippen molar-refractivity contribution >= 4 is 11.8 Å². The summed E-state index contributed by atoms with van der Waals surface area (Å²) >= 11 is 0. The molecule has 212 valence electrons. The minimum atomic E-state index is -0.335. The van der Waals surface area contributed by atoms with E-state index in [0.717, 1.165) is 50.0 Å². The van der Waals surface area contributed by atoms with E-state index in [0.29, 0.717) is 29.3 Å². The summed E-state index contributed by atoms with van der Waals surface area (Å²) in [5.74, 6) is 3.29. The standard InChI is InChI=1S/C32H50N2O4/c1-19-9-14-32(37-18-19)20(2)29-26(38-32)16-25-23-8-7-21-15-22(33-27(35)17-28(36)34(5)6)10-12-30(21,3)24(23)11-13-31(25,29)4/h7,19-20,22-26,29H,8-18H2,1-6H3,(H,33,35)/t19-,20+,22-,23-,24+,25+,26+,29+,30+,31+,32-/m1/s1. The molecule has 4 aliphatic carbocycles. The van der Waals surface area contributed by atoms with Crippen LogP contribution in [0.25, 0.3) is 0 Å². The highest BCUT2D eigenvalue weighted by Gasteiger charge is 2.68. The molecule has 0 aromatic carbocycles. The van der Waals surface area contributed by atoms with Crippen molar-refractivity contribution in [1.29, 1.82) is 0 Å². The topological polar surface area (TPSA) is 67.9 Å². The highest BCUT2D eigenvalue weighted by Crippen LogP contribution is 2.70. The summed E-state index contributed by atoms with van der Waals surface area (Å²) in [5, 5.41) is 3.18. The van der Waals surface area contributed by atoms with Gasteiger partial charge in [-0.25, -0.2) is 0 Å². The molecule has 0 unspecified atom stereocenters. The highest BCUT2D eigenvalue weighted by atomic mass is 16.7. The zero-order valence-corrected chi connectivity index (χ0v) is 24.6. The fourth-order valence-electron chi connectivity index (χ4n) is 10.4. The van der Waals surface area contributed by atoms with Crippen molar-refractivity contribution in [2.45, 2.75) is 110 Å². The van der Waals surface area contributed by atoms with Crippen LogP contribution in [-0.2, 0) is 19.1 Å². The van der Waals surface area contributed by atoms with E-state index in [1.54, 1.807) is 19.7 Å². The Bertz CT molecular complexity index is 999. The molecule has 0 radical (unpaired) electrons. The molecule has 6 nitrogen and oxygen atoms in total. The Labute approximate surface area is 229 Å². The van der Waals surface area contributed by atoms with Gasteiger partial charge in [0.25, 0.3) is 0 Å². The van der Waals surface area contributed by atoms with Gasteiger partial charge in [-0.3, -0.25) is 9.59 Å². The van der Waals surface area contributed by atoms with Gasteiger partial charge >= 0.3 is 0 Å². The Hall–Kier alpha value is -1.40. The molecule has 11 atom stereocenters. The van der Waals surface area contributed by atoms with E-state index in [4.69, 9.17) is 9.47 Å². The fourth-order valence-corrected chi connectivity index (χ4v) is 10.4. The van der Waals surface area contributed by atoms with Crippen molar-refractivity contribution in [3.05, 3.63) is 11.6 Å². The van der Waals surface area contributed by atoms with Gasteiger partial charge in [-0.2, -0.15) is 0 Å². The minimum absolute atomic E-state index is 0.0566. The van der Waals surface area contributed by atoms with Crippen molar-refractivity contribution in [3.63, 3.8) is 0 Å². The first-order valence-corrected chi connectivity index (χ1v) is 15.5. The number of ether oxygens (including phenoxy) is 2. The second-order valence-corrected chi connectivity index (χ2v) is 14.7. The van der Waals surface area contributed by atoms with E-state index in [1.165, 1.54) is 37.0 Å². The molecule has 6 heteroatoms. The van der Waals surface area contributed by atoms with Gasteiger partial charge in [0.05, 0.1) is 12.7 Å². The average molecular weight is 527 g/mol. The Morgan fingerprint density at radius 3 is 2.58 bits per heavy atom. The van der Waals surface area contributed by atoms with Crippen LogP contribution in [0.3, 0.4) is 0 Å². The van der Waals surface area contributed by atoms with Gasteiger partial charge < -0.3 is 19.7 Å². The smallest absolute Gasteiger partial charge is 0.231 e. The number of hydrogen-bond donors (Lipinski definition) is 1. The quantitative estimate of drug-likeness (QED) is 0.399. The molecule has 0 aromatic rings. The molecule has 2 heterocycles. The van der Waals surface area contributed by atoms with Crippen LogP contribution in [0, 0.1) is 46.3 Å². The van der Waals surface area contributed by atoms with Crippen LogP contribution in [-0.4, -0.2) is 55.3 Å². The molecule has 2 amide bonds. The summed E-state index contributed by atoms with van der Waals surface area (Å²) in [4.78, 5) is 26.0. The number of carbonyl (C=O) groups excluding carboxylic acids is 2. The van der Waals surface area contributed by atoms with Gasteiger partial charge in [-0.15, -0.1) is 0 Å². The van der Waals surface area contributed by atoms with E-state index in [9.17, 15) is 9.59 Å². The molecule has 5 fully saturated rings. The maximum Gasteiger partial charge on any atom is 0.231 e. The van der Waals surface area contributed by atoms with Gasteiger partial charge in [0.2, 0.25) is 11.8 Å². The van der Waals surface area contributed by atoms with Crippen LogP contribution < -0.4 is 5.32 Å². The second-order valence-electron chi connectivity index (χ2n) is 14.7. The lowest BCUT2D eigenvalue weighted by Gasteiger charge is -2.58. The van der Waals surface area contributed by atoms with E-state index < -0.39 is 0 Å². The number of amides is 2. The predicted octanol–water partition coefficient (Wildman–Crippen LogP) is 5.32. The molecule has 6 aliphatic rings. The lowest BCUT2D eigenvalue weighted by molar-refractivity contribution is -0.272. The summed E-state index contributed by atoms with van der Waals surface area (Å²) < 4.78 is 13.4. The molecule has 1 spiro atoms. The molecule has 6 rings (SSSR count). The van der Waals surface area contributed by atoms with Crippen LogP contribution in [0.15, 0.2) is 11.6 Å². The summed E-state index contributed by atoms with van der Waals surface area (Å²) in [6, 6.07) is 0.150. The molecule has 0 aromatic heterocycles. The summed E-state index contributed by atoms with van der Waals surface area (Å²) in [7, 11) is 3.40. The molecular weight excluding hydrogens is 476 g/mol. The molecule has 1 N–H and O–H groups in total. The summed E-state index contributed by atoms with van der Waals surface area (Å²) in [5.41, 5.74) is 2.13. The lowest BCUT2D eigenvalue weighted by Crippen LogP contribution is -2.53. The Kier molecular flexibility index (Phi) is 6.58. The van der Waals surface area contributed by atoms with Crippen LogP contribution in [0.5, 0.6) is 0 Å². The predicted molar refractivity (Wildman–Crippen MR) is 147 cm³/mol. The van der Waals surface area contributed by atoms with E-state index in [1.807, 2.05) is 0 Å². The first-order valence-electron chi connectivity index (χ1n) is 15.5. The Morgan fingerprint density at radius 2 is 1.87 bits per heavy atom. The molecule has 0 bridgehead atoms.